The van der Waals surface area contributed by atoms with Crippen molar-refractivity contribution in [2.24, 2.45) is 5.92 Å². The number of carbonyl (C=O) groups is 3. The Hall–Kier alpha value is -2.02. The van der Waals surface area contributed by atoms with E-state index in [1.165, 1.54) is 23.6 Å². The van der Waals surface area contributed by atoms with Crippen LogP contribution in [0.3, 0.4) is 0 Å². The van der Waals surface area contributed by atoms with Crippen LogP contribution >= 0.6 is 11.8 Å². The highest BCUT2D eigenvalue weighted by atomic mass is 32.2. The van der Waals surface area contributed by atoms with Crippen LogP contribution in [0.1, 0.15) is 18.9 Å². The molecule has 0 saturated carbocycles. The molecule has 6 nitrogen and oxygen atoms in total. The number of hydrogen-bond acceptors (Lipinski definition) is 5. The van der Waals surface area contributed by atoms with Crippen LogP contribution in [0.5, 0.6) is 5.75 Å². The number of carboxylic acids is 1. The molecule has 24 heavy (non-hydrogen) atoms. The third-order valence-corrected chi connectivity index (χ3v) is 5.05. The van der Waals surface area contributed by atoms with Gasteiger partial charge in [0.1, 0.15) is 11.8 Å². The Kier molecular flexibility index (Phi) is 6.25. The lowest BCUT2D eigenvalue weighted by Crippen LogP contribution is -2.43. The molecule has 1 amide bonds. The normalized spacial score (nSPS) is 18.5. The Labute approximate surface area is 145 Å². The Morgan fingerprint density at radius 3 is 2.58 bits per heavy atom. The van der Waals surface area contributed by atoms with Gasteiger partial charge in [-0.05, 0) is 23.6 Å². The Morgan fingerprint density at radius 1 is 1.38 bits per heavy atom. The molecule has 1 aliphatic heterocycles. The number of ether oxygens (including phenoxy) is 1. The number of thioether (sulfide) groups is 1. The number of carbonyl (C=O) groups excluding carboxylic acids is 2. The summed E-state index contributed by atoms with van der Waals surface area (Å²) in [5.74, 6) is 0.0873. The van der Waals surface area contributed by atoms with Gasteiger partial charge in [-0.1, -0.05) is 23.9 Å². The van der Waals surface area contributed by atoms with Crippen molar-refractivity contribution in [3.63, 3.8) is 0 Å². The maximum absolute atomic E-state index is 12.2. The van der Waals surface area contributed by atoms with E-state index in [9.17, 15) is 19.5 Å². The number of benzene rings is 1. The van der Waals surface area contributed by atoms with Crippen molar-refractivity contribution in [3.05, 3.63) is 29.8 Å². The molecule has 1 N–H and O–H groups in total. The van der Waals surface area contributed by atoms with Gasteiger partial charge in [0.2, 0.25) is 5.91 Å². The molecular formula is C17H21NO5S. The quantitative estimate of drug-likeness (QED) is 0.807. The summed E-state index contributed by atoms with van der Waals surface area (Å²) in [5.41, 5.74) is 0.831. The number of aliphatic carboxylic acids is 1. The molecule has 130 valence electrons. The summed E-state index contributed by atoms with van der Waals surface area (Å²) in [5, 5.41) is 9.55. The fraction of sp³-hybridized carbons (Fsp3) is 0.471. The third-order valence-electron chi connectivity index (χ3n) is 4.01. The maximum atomic E-state index is 12.2. The average molecular weight is 351 g/mol. The molecule has 0 aromatic heterocycles. The van der Waals surface area contributed by atoms with Gasteiger partial charge in [-0.25, -0.2) is 4.79 Å². The fourth-order valence-corrected chi connectivity index (χ4v) is 3.47. The highest BCUT2D eigenvalue weighted by molar-refractivity contribution is 8.13. The van der Waals surface area contributed by atoms with Crippen LogP contribution in [0, 0.1) is 5.92 Å². The lowest BCUT2D eigenvalue weighted by molar-refractivity contribution is -0.148. The molecule has 1 aromatic carbocycles. The van der Waals surface area contributed by atoms with Gasteiger partial charge in [-0.15, -0.1) is 0 Å². The van der Waals surface area contributed by atoms with Crippen molar-refractivity contribution in [1.29, 1.82) is 0 Å². The van der Waals surface area contributed by atoms with E-state index in [1.54, 1.807) is 31.4 Å². The van der Waals surface area contributed by atoms with Crippen LogP contribution < -0.4 is 4.74 Å². The van der Waals surface area contributed by atoms with Crippen molar-refractivity contribution < 1.29 is 24.2 Å². The lowest BCUT2D eigenvalue weighted by Gasteiger charge is -2.25. The van der Waals surface area contributed by atoms with Crippen LogP contribution in [0.2, 0.25) is 0 Å². The molecule has 1 saturated heterocycles. The molecule has 1 unspecified atom stereocenters. The van der Waals surface area contributed by atoms with Crippen LogP contribution in [0.25, 0.3) is 0 Å². The molecule has 2 rings (SSSR count). The second-order valence-electron chi connectivity index (χ2n) is 5.83. The minimum absolute atomic E-state index is 0.00826. The standard InChI is InChI=1S/C17H21NO5S/c1-11(19)24-10-13-8-16(20)18(9-13)15(17(21)22)7-12-3-5-14(23-2)6-4-12/h3-6,13,15H,7-10H2,1-2H3,(H,21,22)/t13?,15-/m0/s1. The Bertz CT molecular complexity index is 616. The van der Waals surface area contributed by atoms with Gasteiger partial charge in [-0.3, -0.25) is 9.59 Å². The summed E-state index contributed by atoms with van der Waals surface area (Å²) in [6.07, 6.45) is 0.546. The molecule has 1 aliphatic rings. The van der Waals surface area contributed by atoms with Gasteiger partial charge in [0.25, 0.3) is 0 Å². The minimum Gasteiger partial charge on any atom is -0.497 e. The summed E-state index contributed by atoms with van der Waals surface area (Å²) in [7, 11) is 1.57. The summed E-state index contributed by atoms with van der Waals surface area (Å²) >= 11 is 1.18. The van der Waals surface area contributed by atoms with Crippen molar-refractivity contribution in [3.8, 4) is 5.75 Å². The Balaban J connectivity index is 2.05. The molecular weight excluding hydrogens is 330 g/mol. The largest absolute Gasteiger partial charge is 0.497 e. The van der Waals surface area contributed by atoms with E-state index in [-0.39, 0.29) is 23.4 Å². The predicted molar refractivity (Wildman–Crippen MR) is 91.1 cm³/mol. The minimum atomic E-state index is -1.01. The maximum Gasteiger partial charge on any atom is 0.326 e. The Morgan fingerprint density at radius 2 is 2.04 bits per heavy atom. The molecule has 0 radical (unpaired) electrons. The van der Waals surface area contributed by atoms with Crippen LogP contribution in [0.4, 0.5) is 0 Å². The smallest absolute Gasteiger partial charge is 0.326 e. The van der Waals surface area contributed by atoms with E-state index in [0.717, 1.165) is 5.56 Å². The first-order chi connectivity index (χ1) is 11.4. The van der Waals surface area contributed by atoms with Gasteiger partial charge >= 0.3 is 5.97 Å². The highest BCUT2D eigenvalue weighted by Crippen LogP contribution is 2.26. The predicted octanol–water partition coefficient (Wildman–Crippen LogP) is 1.82. The molecule has 0 bridgehead atoms. The number of rotatable bonds is 7. The summed E-state index contributed by atoms with van der Waals surface area (Å²) in [6, 6.07) is 6.26. The van der Waals surface area contributed by atoms with Crippen molar-refractivity contribution in [2.75, 3.05) is 19.4 Å². The fourth-order valence-electron chi connectivity index (χ4n) is 2.77. The number of amides is 1. The van der Waals surface area contributed by atoms with E-state index in [2.05, 4.69) is 0 Å². The first-order valence-corrected chi connectivity index (χ1v) is 8.67. The van der Waals surface area contributed by atoms with Gasteiger partial charge < -0.3 is 14.7 Å². The highest BCUT2D eigenvalue weighted by Gasteiger charge is 2.37. The van der Waals surface area contributed by atoms with E-state index in [0.29, 0.717) is 24.5 Å². The zero-order valence-electron chi connectivity index (χ0n) is 13.7. The van der Waals surface area contributed by atoms with Crippen molar-refractivity contribution >= 4 is 28.8 Å². The molecule has 1 aromatic rings. The average Bonchev–Trinajstić information content (AvgIpc) is 2.91. The number of methoxy groups -OCH3 is 1. The first-order valence-electron chi connectivity index (χ1n) is 7.69. The van der Waals surface area contributed by atoms with Crippen LogP contribution in [-0.4, -0.2) is 52.4 Å². The molecule has 1 fully saturated rings. The van der Waals surface area contributed by atoms with Gasteiger partial charge in [0, 0.05) is 32.1 Å². The van der Waals surface area contributed by atoms with E-state index in [4.69, 9.17) is 4.74 Å². The topological polar surface area (TPSA) is 83.9 Å². The summed E-state index contributed by atoms with van der Waals surface area (Å²) in [6.45, 7) is 1.87. The summed E-state index contributed by atoms with van der Waals surface area (Å²) in [4.78, 5) is 36.4. The molecule has 0 spiro atoms. The molecule has 0 aliphatic carbocycles. The number of hydrogen-bond donors (Lipinski definition) is 1. The second kappa shape index (κ2) is 8.19. The number of likely N-dealkylation sites (tertiary alicyclic amines) is 1. The number of nitrogens with zero attached hydrogens (tertiary/aromatic N) is 1. The van der Waals surface area contributed by atoms with Gasteiger partial charge in [-0.2, -0.15) is 0 Å². The van der Waals surface area contributed by atoms with Gasteiger partial charge in [0.15, 0.2) is 5.12 Å². The van der Waals surface area contributed by atoms with E-state index in [1.807, 2.05) is 0 Å². The zero-order valence-corrected chi connectivity index (χ0v) is 14.5. The lowest BCUT2D eigenvalue weighted by atomic mass is 10.0. The summed E-state index contributed by atoms with van der Waals surface area (Å²) < 4.78 is 5.09. The van der Waals surface area contributed by atoms with Gasteiger partial charge in [0.05, 0.1) is 7.11 Å². The molecule has 1 heterocycles. The monoisotopic (exact) mass is 351 g/mol. The zero-order chi connectivity index (χ0) is 17.7. The van der Waals surface area contributed by atoms with E-state index >= 15 is 0 Å². The van der Waals surface area contributed by atoms with Crippen molar-refractivity contribution in [2.45, 2.75) is 25.8 Å². The first kappa shape index (κ1) is 18.3. The number of carboxylic acid groups (broad SMARTS) is 1. The second-order valence-corrected chi connectivity index (χ2v) is 7.02. The van der Waals surface area contributed by atoms with E-state index < -0.39 is 12.0 Å². The van der Waals surface area contributed by atoms with Crippen molar-refractivity contribution in [1.82, 2.24) is 4.90 Å². The third kappa shape index (κ3) is 4.74. The van der Waals surface area contributed by atoms with Crippen LogP contribution in [0.15, 0.2) is 24.3 Å². The molecule has 7 heteroatoms. The molecule has 2 atom stereocenters. The van der Waals surface area contributed by atoms with Crippen LogP contribution in [-0.2, 0) is 20.8 Å². The SMILES string of the molecule is COc1ccc(C[C@@H](C(=O)O)N2CC(CSC(C)=O)CC2=O)cc1.